The number of hydrogen-bond acceptors (Lipinski definition) is 17. The normalized spacial score (nSPS) is 11.8. The molecule has 0 spiro atoms. The Morgan fingerprint density at radius 3 is 1.20 bits per heavy atom. The lowest BCUT2D eigenvalue weighted by Gasteiger charge is -2.11. The zero-order valence-electron chi connectivity index (χ0n) is 63.7. The molecule has 0 saturated heterocycles. The van der Waals surface area contributed by atoms with Gasteiger partial charge >= 0.3 is 0 Å². The number of halogens is 2. The van der Waals surface area contributed by atoms with Gasteiger partial charge in [0, 0.05) is 235 Å². The van der Waals surface area contributed by atoms with E-state index in [9.17, 15) is 23.6 Å². The fourth-order valence-electron chi connectivity index (χ4n) is 14.4. The number of fused-ring (bicyclic) bond motifs is 15. The number of nitrogens with zero attached hydrogens (tertiary/aromatic N) is 13. The number of ketones is 3. The fraction of sp³-hybridized carbons (Fsp3) is 0.0833. The van der Waals surface area contributed by atoms with Crippen LogP contribution in [0.15, 0.2) is 286 Å². The zero-order valence-corrected chi connectivity index (χ0v) is 65.3. The van der Waals surface area contributed by atoms with Gasteiger partial charge < -0.3 is 5.32 Å². The second-order valence-electron chi connectivity index (χ2n) is 28.4. The summed E-state index contributed by atoms with van der Waals surface area (Å²) in [5.41, 5.74) is 16.5. The molecule has 0 bridgehead atoms. The van der Waals surface area contributed by atoms with Crippen molar-refractivity contribution >= 4 is 155 Å². The first-order valence-electron chi connectivity index (χ1n) is 37.6. The number of nitrogens with one attached hydrogen (secondary N) is 1. The fourth-order valence-corrected chi connectivity index (χ4v) is 15.2. The molecule has 0 radical (unpaired) electrons. The number of carbonyl (C=O) groups excluding carboxylic acids is 4. The molecule has 566 valence electrons. The molecule has 21 rings (SSSR count). The summed E-state index contributed by atoms with van der Waals surface area (Å²) >= 11 is 7.65. The molecule has 1 N–H and O–H groups in total. The van der Waals surface area contributed by atoms with E-state index in [1.54, 1.807) is 110 Å². The highest BCUT2D eigenvalue weighted by Gasteiger charge is 2.25. The Hall–Kier alpha value is -14.6. The highest BCUT2D eigenvalue weighted by Crippen LogP contribution is 2.39. The van der Waals surface area contributed by atoms with E-state index in [0.29, 0.717) is 50.1 Å². The SMILES string of the molecule is CC(=O)c1ccc2c(c1)nc(-c1ccc(Cl)cc1)c1ccncc12.CC(=O)c1ccc2c(c1)nc(-c1ccccc1F)c1ccncc12.CC(=O)c1ccc2c(c1)nc(-c1ccsc1)c1ccncc12.Cc1ccc2c(c1)nc(-c1ccncc1)c1ccncc12.Cn1cc(-c2nc3cc(C(=O)NC4CC4)ccc3c3cnccc23)cn1. The average molecular weight is 1570 g/mol. The van der Waals surface area contributed by atoms with Crippen molar-refractivity contribution in [2.45, 2.75) is 46.6 Å². The highest BCUT2D eigenvalue weighted by molar-refractivity contribution is 7.08. The molecule has 0 atom stereocenters. The first-order valence-corrected chi connectivity index (χ1v) is 39.0. The van der Waals surface area contributed by atoms with Gasteiger partial charge in [0.2, 0.25) is 0 Å². The molecule has 0 aliphatic heterocycles. The Labute approximate surface area is 677 Å². The number of hydrogen-bond donors (Lipinski definition) is 1. The number of amides is 1. The van der Waals surface area contributed by atoms with Crippen LogP contribution in [0.5, 0.6) is 0 Å². The minimum Gasteiger partial charge on any atom is -0.349 e. The van der Waals surface area contributed by atoms with E-state index in [0.717, 1.165) is 161 Å². The van der Waals surface area contributed by atoms with Crippen LogP contribution < -0.4 is 5.32 Å². The molecular weight excluding hydrogens is 1500 g/mol. The van der Waals surface area contributed by atoms with Crippen molar-refractivity contribution in [3.8, 4) is 56.3 Å². The Morgan fingerprint density at radius 1 is 0.393 bits per heavy atom. The molecule has 1 amide bonds. The monoisotopic (exact) mass is 1570 g/mol. The molecule has 1 fully saturated rings. The van der Waals surface area contributed by atoms with E-state index in [1.165, 1.54) is 18.6 Å². The van der Waals surface area contributed by atoms with Crippen LogP contribution in [0.1, 0.15) is 80.6 Å². The third-order valence-corrected chi connectivity index (χ3v) is 21.4. The van der Waals surface area contributed by atoms with E-state index >= 15 is 0 Å². The molecule has 13 aromatic heterocycles. The maximum Gasteiger partial charge on any atom is 0.251 e. The van der Waals surface area contributed by atoms with Gasteiger partial charge in [0.25, 0.3) is 5.91 Å². The molecule has 20 aromatic rings. The number of thiophene rings is 1. The number of aryl methyl sites for hydroxylation is 2. The molecule has 7 aromatic carbocycles. The third-order valence-electron chi connectivity index (χ3n) is 20.5. The standard InChI is InChI=1S/C20H13ClN2O.C20H13FN2O.C20H17N5O.C18H13N3.C18H12N2OS/c1-12(24)14-4-7-16-18-11-22-9-8-17(18)20(23-19(16)10-14)13-2-5-15(21)6-3-13;1-12(24)13-6-7-14-17-11-22-9-8-15(17)20(23-19(14)10-13)16-4-2-3-5-18(16)21;1-25-11-13(9-22-25)19-16-6-7-21-10-17(16)15-5-2-12(8-18(15)24-19)20(26)23-14-3-4-14;1-12-2-3-14-16-11-20-9-6-15(16)18(21-17(14)10-12)13-4-7-19-8-5-13;1-11(21)12-2-3-14-16-9-19-6-4-15(16)18(20-17(14)8-12)13-5-7-22-10-13/h2*2-11H,1H3;2,5-11,14H,3-4H2,1H3,(H,23,26);2-11H,1H3;2-10H,1H3. The Balaban J connectivity index is 0.000000105. The minimum atomic E-state index is -0.329. The molecule has 1 aliphatic carbocycles. The first kappa shape index (κ1) is 75.1. The molecule has 0 unspecified atom stereocenters. The van der Waals surface area contributed by atoms with Crippen molar-refractivity contribution in [2.75, 3.05) is 0 Å². The van der Waals surface area contributed by atoms with Gasteiger partial charge in [0.05, 0.1) is 62.2 Å². The van der Waals surface area contributed by atoms with E-state index in [-0.39, 0.29) is 29.1 Å². The van der Waals surface area contributed by atoms with E-state index in [1.807, 2.05) is 177 Å². The molecular formula is C96H68ClFN14O4S. The lowest BCUT2D eigenvalue weighted by Crippen LogP contribution is -2.25. The van der Waals surface area contributed by atoms with Gasteiger partial charge in [-0.15, -0.1) is 0 Å². The number of carbonyl (C=O) groups is 4. The molecule has 21 heteroatoms. The average Bonchev–Trinajstić information content (AvgIpc) is 1.49. The van der Waals surface area contributed by atoms with Crippen LogP contribution in [-0.2, 0) is 7.05 Å². The van der Waals surface area contributed by atoms with Crippen LogP contribution in [0.25, 0.3) is 165 Å². The molecule has 13 heterocycles. The predicted molar refractivity (Wildman–Crippen MR) is 465 cm³/mol. The van der Waals surface area contributed by atoms with Crippen molar-refractivity contribution in [2.24, 2.45) is 7.05 Å². The van der Waals surface area contributed by atoms with E-state index in [2.05, 4.69) is 81.9 Å². The maximum absolute atomic E-state index is 14.3. The van der Waals surface area contributed by atoms with Crippen molar-refractivity contribution < 1.29 is 23.6 Å². The summed E-state index contributed by atoms with van der Waals surface area (Å²) in [5.74, 6) is -0.321. The summed E-state index contributed by atoms with van der Waals surface area (Å²) in [4.78, 5) is 96.8. The quantitative estimate of drug-likeness (QED) is 0.0989. The maximum atomic E-state index is 14.3. The van der Waals surface area contributed by atoms with Gasteiger partial charge in [0.1, 0.15) is 5.82 Å². The van der Waals surface area contributed by atoms with Crippen LogP contribution in [0, 0.1) is 12.7 Å². The lowest BCUT2D eigenvalue weighted by molar-refractivity contribution is 0.0948. The summed E-state index contributed by atoms with van der Waals surface area (Å²) in [7, 11) is 1.88. The van der Waals surface area contributed by atoms with Gasteiger partial charge in [-0.05, 0) is 161 Å². The largest absolute Gasteiger partial charge is 0.349 e. The van der Waals surface area contributed by atoms with Crippen molar-refractivity contribution in [3.63, 3.8) is 0 Å². The first-order chi connectivity index (χ1) is 57.0. The van der Waals surface area contributed by atoms with E-state index < -0.39 is 0 Å². The van der Waals surface area contributed by atoms with Crippen molar-refractivity contribution in [1.82, 2.24) is 69.9 Å². The third kappa shape index (κ3) is 15.6. The lowest BCUT2D eigenvalue weighted by atomic mass is 10.00. The Bertz CT molecular complexity index is 7330. The summed E-state index contributed by atoms with van der Waals surface area (Å²) in [6.45, 7) is 6.73. The van der Waals surface area contributed by atoms with Crippen LogP contribution in [0.3, 0.4) is 0 Å². The number of aromatic nitrogens is 13. The van der Waals surface area contributed by atoms with Gasteiger partial charge in [-0.2, -0.15) is 16.4 Å². The Morgan fingerprint density at radius 2 is 0.778 bits per heavy atom. The molecule has 1 aliphatic rings. The molecule has 18 nitrogen and oxygen atoms in total. The number of benzene rings is 7. The summed E-state index contributed by atoms with van der Waals surface area (Å²) < 4.78 is 16.1. The van der Waals surface area contributed by atoms with Gasteiger partial charge in [-0.1, -0.05) is 90.5 Å². The van der Waals surface area contributed by atoms with Crippen LogP contribution in [-0.4, -0.2) is 93.9 Å². The second kappa shape index (κ2) is 32.5. The smallest absolute Gasteiger partial charge is 0.251 e. The molecule has 1 saturated carbocycles. The van der Waals surface area contributed by atoms with E-state index in [4.69, 9.17) is 31.5 Å². The highest BCUT2D eigenvalue weighted by atomic mass is 35.5. The molecule has 117 heavy (non-hydrogen) atoms. The van der Waals surface area contributed by atoms with Crippen LogP contribution in [0.2, 0.25) is 5.02 Å². The van der Waals surface area contributed by atoms with Gasteiger partial charge in [-0.25, -0.2) is 29.3 Å². The summed E-state index contributed by atoms with van der Waals surface area (Å²) in [6, 6.07) is 59.0. The predicted octanol–water partition coefficient (Wildman–Crippen LogP) is 22.0. The number of rotatable bonds is 10. The minimum absolute atomic E-state index is 0.0260. The second-order valence-corrected chi connectivity index (χ2v) is 29.6. The van der Waals surface area contributed by atoms with Gasteiger partial charge in [0.15, 0.2) is 17.3 Å². The van der Waals surface area contributed by atoms with Crippen LogP contribution in [0.4, 0.5) is 4.39 Å². The Kier molecular flexibility index (Phi) is 20.8. The van der Waals surface area contributed by atoms with Crippen molar-refractivity contribution in [1.29, 1.82) is 0 Å². The van der Waals surface area contributed by atoms with Crippen LogP contribution >= 0.6 is 22.9 Å². The number of Topliss-reactive ketones (excluding diaryl/α,β-unsaturated/α-hetero) is 3. The van der Waals surface area contributed by atoms with Crippen molar-refractivity contribution in [3.05, 3.63) is 324 Å². The number of pyridine rings is 11. The topological polar surface area (TPSA) is 240 Å². The van der Waals surface area contributed by atoms with Gasteiger partial charge in [-0.3, -0.25) is 53.8 Å². The summed E-state index contributed by atoms with van der Waals surface area (Å²) in [5, 5.41) is 27.3. The summed E-state index contributed by atoms with van der Waals surface area (Å²) in [6.07, 6.45) is 27.5. The zero-order chi connectivity index (χ0) is 80.4.